The summed E-state index contributed by atoms with van der Waals surface area (Å²) in [6.45, 7) is 4.78. The molecular weight excluding hydrogens is 348 g/mol. The number of nitrogens with zero attached hydrogens (tertiary/aromatic N) is 2. The number of nitrogens with one attached hydrogen (secondary N) is 3. The van der Waals surface area contributed by atoms with Crippen LogP contribution in [0.15, 0.2) is 30.5 Å². The van der Waals surface area contributed by atoms with Gasteiger partial charge in [-0.2, -0.15) is 0 Å². The Morgan fingerprint density at radius 3 is 2.63 bits per heavy atom. The zero-order chi connectivity index (χ0) is 19.2. The van der Waals surface area contributed by atoms with E-state index >= 15 is 0 Å². The Kier molecular flexibility index (Phi) is 6.05. The van der Waals surface area contributed by atoms with E-state index in [0.29, 0.717) is 11.5 Å². The molecule has 5 N–H and O–H groups in total. The van der Waals surface area contributed by atoms with E-state index in [1.165, 1.54) is 6.20 Å². The van der Waals surface area contributed by atoms with Crippen LogP contribution in [0.5, 0.6) is 0 Å². The zero-order valence-corrected chi connectivity index (χ0v) is 15.2. The molecule has 1 aromatic carbocycles. The normalized spacial score (nSPS) is 15.3. The molecule has 1 aliphatic rings. The molecule has 9 nitrogen and oxygen atoms in total. The number of rotatable bonds is 6. The molecule has 0 unspecified atom stereocenters. The van der Waals surface area contributed by atoms with Crippen LogP contribution in [0, 0.1) is 0 Å². The fourth-order valence-corrected chi connectivity index (χ4v) is 2.72. The third kappa shape index (κ3) is 5.05. The Labute approximate surface area is 157 Å². The molecule has 0 bridgehead atoms. The van der Waals surface area contributed by atoms with E-state index < -0.39 is 5.91 Å². The van der Waals surface area contributed by atoms with Crippen LogP contribution in [-0.2, 0) is 9.53 Å². The highest BCUT2D eigenvalue weighted by Gasteiger charge is 2.14. The number of benzene rings is 1. The van der Waals surface area contributed by atoms with E-state index in [2.05, 4.69) is 25.5 Å². The van der Waals surface area contributed by atoms with Crippen LogP contribution in [-0.4, -0.2) is 54.6 Å². The highest BCUT2D eigenvalue weighted by molar-refractivity contribution is 5.98. The van der Waals surface area contributed by atoms with Gasteiger partial charge in [0, 0.05) is 24.5 Å². The molecule has 1 aliphatic heterocycles. The fraction of sp³-hybridized carbons (Fsp3) is 0.389. The summed E-state index contributed by atoms with van der Waals surface area (Å²) in [5, 5.41) is 5.31. The highest BCUT2D eigenvalue weighted by atomic mass is 16.5. The van der Waals surface area contributed by atoms with Gasteiger partial charge in [0.25, 0.3) is 5.91 Å². The number of imidazole rings is 1. The van der Waals surface area contributed by atoms with Crippen molar-refractivity contribution in [1.82, 2.24) is 15.3 Å². The summed E-state index contributed by atoms with van der Waals surface area (Å²) >= 11 is 0. The standard InChI is InChI=1S/C18H24N6O3/c1-12(19)17-20-10-15(23-17)18(26)21-11-16(25)22-13-2-4-14(5-3-13)24-6-8-27-9-7-24/h2-5,10,12H,6-9,11,19H2,1H3,(H,20,23)(H,21,26)(H,22,25)/t12-/m0/s1. The molecule has 9 heteroatoms. The average Bonchev–Trinajstić information content (AvgIpc) is 3.18. The van der Waals surface area contributed by atoms with Gasteiger partial charge in [0.05, 0.1) is 32.0 Å². The lowest BCUT2D eigenvalue weighted by Gasteiger charge is -2.28. The molecule has 0 spiro atoms. The van der Waals surface area contributed by atoms with Crippen molar-refractivity contribution < 1.29 is 14.3 Å². The van der Waals surface area contributed by atoms with Crippen LogP contribution >= 0.6 is 0 Å². The topological polar surface area (TPSA) is 125 Å². The predicted octanol–water partition coefficient (Wildman–Crippen LogP) is 0.635. The van der Waals surface area contributed by atoms with Gasteiger partial charge in [-0.05, 0) is 31.2 Å². The third-order valence-corrected chi connectivity index (χ3v) is 4.21. The van der Waals surface area contributed by atoms with Gasteiger partial charge in [0.15, 0.2) is 0 Å². The Morgan fingerprint density at radius 1 is 1.30 bits per heavy atom. The minimum absolute atomic E-state index is 0.142. The molecule has 144 valence electrons. The Morgan fingerprint density at radius 2 is 2.00 bits per heavy atom. The van der Waals surface area contributed by atoms with Crippen molar-refractivity contribution in [3.05, 3.63) is 42.0 Å². The summed E-state index contributed by atoms with van der Waals surface area (Å²) in [5.41, 5.74) is 7.73. The first-order chi connectivity index (χ1) is 13.0. The van der Waals surface area contributed by atoms with E-state index in [4.69, 9.17) is 10.5 Å². The van der Waals surface area contributed by atoms with Crippen molar-refractivity contribution in [3.63, 3.8) is 0 Å². The monoisotopic (exact) mass is 372 g/mol. The number of carbonyl (C=O) groups excluding carboxylic acids is 2. The molecule has 1 aromatic heterocycles. The van der Waals surface area contributed by atoms with Crippen LogP contribution in [0.25, 0.3) is 0 Å². The number of carbonyl (C=O) groups is 2. The molecule has 3 rings (SSSR count). The van der Waals surface area contributed by atoms with Crippen LogP contribution in [0.3, 0.4) is 0 Å². The predicted molar refractivity (Wildman–Crippen MR) is 102 cm³/mol. The van der Waals surface area contributed by atoms with Gasteiger partial charge in [-0.15, -0.1) is 0 Å². The summed E-state index contributed by atoms with van der Waals surface area (Å²) in [4.78, 5) is 33.2. The van der Waals surface area contributed by atoms with Crippen molar-refractivity contribution in [1.29, 1.82) is 0 Å². The number of amides is 2. The first kappa shape index (κ1) is 18.9. The zero-order valence-electron chi connectivity index (χ0n) is 15.2. The molecule has 1 saturated heterocycles. The molecule has 1 atom stereocenters. The van der Waals surface area contributed by atoms with Crippen molar-refractivity contribution in [2.24, 2.45) is 5.73 Å². The average molecular weight is 372 g/mol. The second-order valence-electron chi connectivity index (χ2n) is 6.35. The number of H-pyrrole nitrogens is 1. The molecule has 0 radical (unpaired) electrons. The van der Waals surface area contributed by atoms with E-state index in [-0.39, 0.29) is 24.2 Å². The Balaban J connectivity index is 1.47. The number of nitrogens with two attached hydrogens (primary N) is 1. The summed E-state index contributed by atoms with van der Waals surface area (Å²) in [6.07, 6.45) is 1.40. The van der Waals surface area contributed by atoms with Gasteiger partial charge in [-0.25, -0.2) is 4.98 Å². The number of aromatic amines is 1. The van der Waals surface area contributed by atoms with Crippen LogP contribution < -0.4 is 21.3 Å². The smallest absolute Gasteiger partial charge is 0.269 e. The quantitative estimate of drug-likeness (QED) is 0.589. The Hall–Kier alpha value is -2.91. The van der Waals surface area contributed by atoms with Gasteiger partial charge >= 0.3 is 0 Å². The summed E-state index contributed by atoms with van der Waals surface area (Å²) in [5.74, 6) is -0.202. The lowest BCUT2D eigenvalue weighted by molar-refractivity contribution is -0.115. The van der Waals surface area contributed by atoms with Crippen molar-refractivity contribution in [2.45, 2.75) is 13.0 Å². The molecule has 2 heterocycles. The SMILES string of the molecule is C[C@H](N)c1ncc(C(=O)NCC(=O)Nc2ccc(N3CCOCC3)cc2)[nH]1. The van der Waals surface area contributed by atoms with E-state index in [9.17, 15) is 9.59 Å². The number of morpholine rings is 1. The maximum Gasteiger partial charge on any atom is 0.269 e. The first-order valence-corrected chi connectivity index (χ1v) is 8.84. The van der Waals surface area contributed by atoms with Gasteiger partial charge in [-0.1, -0.05) is 0 Å². The lowest BCUT2D eigenvalue weighted by atomic mass is 10.2. The first-order valence-electron chi connectivity index (χ1n) is 8.84. The molecule has 27 heavy (non-hydrogen) atoms. The van der Waals surface area contributed by atoms with E-state index in [1.807, 2.05) is 24.3 Å². The van der Waals surface area contributed by atoms with Gasteiger partial charge in [-0.3, -0.25) is 9.59 Å². The Bertz CT molecular complexity index is 781. The second kappa shape index (κ2) is 8.65. The molecule has 2 aromatic rings. The number of anilines is 2. The van der Waals surface area contributed by atoms with Crippen LogP contribution in [0.2, 0.25) is 0 Å². The summed E-state index contributed by atoms with van der Waals surface area (Å²) < 4.78 is 5.34. The van der Waals surface area contributed by atoms with Crippen LogP contribution in [0.4, 0.5) is 11.4 Å². The van der Waals surface area contributed by atoms with Crippen molar-refractivity contribution in [3.8, 4) is 0 Å². The number of ether oxygens (including phenoxy) is 1. The molecular formula is C18H24N6O3. The largest absolute Gasteiger partial charge is 0.378 e. The third-order valence-electron chi connectivity index (χ3n) is 4.21. The van der Waals surface area contributed by atoms with E-state index in [0.717, 1.165) is 32.0 Å². The molecule has 0 saturated carbocycles. The van der Waals surface area contributed by atoms with Crippen LogP contribution in [0.1, 0.15) is 29.3 Å². The number of aromatic nitrogens is 2. The lowest BCUT2D eigenvalue weighted by Crippen LogP contribution is -2.36. The van der Waals surface area contributed by atoms with E-state index in [1.54, 1.807) is 6.92 Å². The maximum absolute atomic E-state index is 12.0. The second-order valence-corrected chi connectivity index (χ2v) is 6.35. The van der Waals surface area contributed by atoms with Gasteiger partial charge in [0.2, 0.25) is 5.91 Å². The minimum atomic E-state index is -0.410. The number of hydrogen-bond donors (Lipinski definition) is 4. The molecule has 0 aliphatic carbocycles. The van der Waals surface area contributed by atoms with Gasteiger partial charge < -0.3 is 31.0 Å². The molecule has 1 fully saturated rings. The van der Waals surface area contributed by atoms with Crippen molar-refractivity contribution in [2.75, 3.05) is 43.1 Å². The number of hydrogen-bond acceptors (Lipinski definition) is 6. The maximum atomic E-state index is 12.0. The minimum Gasteiger partial charge on any atom is -0.378 e. The highest BCUT2D eigenvalue weighted by Crippen LogP contribution is 2.18. The summed E-state index contributed by atoms with van der Waals surface area (Å²) in [7, 11) is 0. The van der Waals surface area contributed by atoms with Crippen molar-refractivity contribution >= 4 is 23.2 Å². The summed E-state index contributed by atoms with van der Waals surface area (Å²) in [6, 6.07) is 7.30. The molecule has 2 amide bonds. The van der Waals surface area contributed by atoms with Gasteiger partial charge in [0.1, 0.15) is 11.5 Å². The fourth-order valence-electron chi connectivity index (χ4n) is 2.72.